The molecule has 8 nitrogen and oxygen atoms in total. The molecule has 3 aromatic rings. The van der Waals surface area contributed by atoms with Crippen molar-refractivity contribution in [2.75, 3.05) is 22.6 Å². The SMILES string of the molecule is CCOc1ccc2nc(NC(=O)CCS(=O)(=O)c3ccc4c(c3)CC(C)N4C(=O)CC)sc2c1. The quantitative estimate of drug-likeness (QED) is 0.496. The molecule has 1 aliphatic rings. The topological polar surface area (TPSA) is 106 Å². The first-order valence-corrected chi connectivity index (χ1v) is 13.7. The van der Waals surface area contributed by atoms with Crippen molar-refractivity contribution in [2.24, 2.45) is 0 Å². The van der Waals surface area contributed by atoms with E-state index in [9.17, 15) is 18.0 Å². The van der Waals surface area contributed by atoms with Gasteiger partial charge in [0, 0.05) is 24.6 Å². The van der Waals surface area contributed by atoms with Crippen LogP contribution in [0.1, 0.15) is 39.2 Å². The highest BCUT2D eigenvalue weighted by atomic mass is 32.2. The molecule has 0 bridgehead atoms. The minimum atomic E-state index is -3.66. The normalized spacial score (nSPS) is 15.4. The van der Waals surface area contributed by atoms with Crippen molar-refractivity contribution in [1.29, 1.82) is 0 Å². The molecule has 1 atom stereocenters. The fraction of sp³-hybridized carbons (Fsp3) is 0.375. The highest BCUT2D eigenvalue weighted by molar-refractivity contribution is 7.91. The fourth-order valence-electron chi connectivity index (χ4n) is 4.09. The first-order valence-electron chi connectivity index (χ1n) is 11.2. The maximum atomic E-state index is 12.9. The molecule has 0 saturated carbocycles. The second-order valence-corrected chi connectivity index (χ2v) is 11.3. The lowest BCUT2D eigenvalue weighted by Crippen LogP contribution is -2.35. The average Bonchev–Trinajstić information content (AvgIpc) is 3.35. The number of carbonyl (C=O) groups excluding carboxylic acids is 2. The van der Waals surface area contributed by atoms with Crippen LogP contribution in [-0.4, -0.2) is 43.6 Å². The van der Waals surface area contributed by atoms with Gasteiger partial charge in [-0.05, 0) is 62.2 Å². The molecule has 1 N–H and O–H groups in total. The zero-order chi connectivity index (χ0) is 24.5. The van der Waals surface area contributed by atoms with Crippen LogP contribution in [0.3, 0.4) is 0 Å². The van der Waals surface area contributed by atoms with E-state index in [2.05, 4.69) is 10.3 Å². The first kappa shape index (κ1) is 24.2. The lowest BCUT2D eigenvalue weighted by molar-refractivity contribution is -0.118. The van der Waals surface area contributed by atoms with Crippen LogP contribution in [0.25, 0.3) is 10.2 Å². The molecule has 2 amide bonds. The largest absolute Gasteiger partial charge is 0.494 e. The third-order valence-electron chi connectivity index (χ3n) is 5.71. The summed E-state index contributed by atoms with van der Waals surface area (Å²) in [6.45, 7) is 6.22. The van der Waals surface area contributed by atoms with Crippen LogP contribution >= 0.6 is 11.3 Å². The number of thiazole rings is 1. The van der Waals surface area contributed by atoms with Gasteiger partial charge in [-0.15, -0.1) is 0 Å². The van der Waals surface area contributed by atoms with E-state index in [0.29, 0.717) is 24.6 Å². The van der Waals surface area contributed by atoms with E-state index < -0.39 is 15.7 Å². The number of ether oxygens (including phenoxy) is 1. The van der Waals surface area contributed by atoms with Gasteiger partial charge in [0.25, 0.3) is 0 Å². The van der Waals surface area contributed by atoms with Crippen molar-refractivity contribution in [3.63, 3.8) is 0 Å². The summed E-state index contributed by atoms with van der Waals surface area (Å²) in [6, 6.07) is 10.3. The minimum absolute atomic E-state index is 0.00962. The third-order valence-corrected chi connectivity index (χ3v) is 8.36. The number of rotatable bonds is 8. The number of sulfone groups is 1. The number of amides is 2. The number of hydrogen-bond acceptors (Lipinski definition) is 7. The van der Waals surface area contributed by atoms with E-state index in [4.69, 9.17) is 4.74 Å². The lowest BCUT2D eigenvalue weighted by atomic mass is 10.1. The molecule has 0 radical (unpaired) electrons. The summed E-state index contributed by atoms with van der Waals surface area (Å²) in [4.78, 5) is 31.0. The predicted octanol–water partition coefficient (Wildman–Crippen LogP) is 4.19. The molecule has 0 fully saturated rings. The number of fused-ring (bicyclic) bond motifs is 2. The van der Waals surface area contributed by atoms with E-state index in [-0.39, 0.29) is 29.0 Å². The van der Waals surface area contributed by atoms with Crippen LogP contribution < -0.4 is 15.0 Å². The molecule has 2 heterocycles. The highest BCUT2D eigenvalue weighted by Crippen LogP contribution is 2.35. The molecule has 1 unspecified atom stereocenters. The average molecular weight is 502 g/mol. The van der Waals surface area contributed by atoms with Gasteiger partial charge >= 0.3 is 0 Å². The van der Waals surface area contributed by atoms with Gasteiger partial charge in [0.05, 0.1) is 27.5 Å². The van der Waals surface area contributed by atoms with Crippen molar-refractivity contribution in [1.82, 2.24) is 4.98 Å². The summed E-state index contributed by atoms with van der Waals surface area (Å²) in [7, 11) is -3.66. The molecule has 4 rings (SSSR count). The van der Waals surface area contributed by atoms with E-state index in [1.54, 1.807) is 17.0 Å². The maximum absolute atomic E-state index is 12.9. The van der Waals surface area contributed by atoms with Gasteiger partial charge in [-0.3, -0.25) is 9.59 Å². The molecule has 180 valence electrons. The summed E-state index contributed by atoms with van der Waals surface area (Å²) in [5.74, 6) is 0.0163. The predicted molar refractivity (Wildman–Crippen MR) is 133 cm³/mol. The number of nitrogens with one attached hydrogen (secondary N) is 1. The molecule has 1 aromatic heterocycles. The van der Waals surface area contributed by atoms with Crippen LogP contribution in [-0.2, 0) is 25.8 Å². The van der Waals surface area contributed by atoms with Gasteiger partial charge in [0.1, 0.15) is 5.75 Å². The van der Waals surface area contributed by atoms with Crippen molar-refractivity contribution >= 4 is 54.0 Å². The Morgan fingerprint density at radius 1 is 1.21 bits per heavy atom. The van der Waals surface area contributed by atoms with Gasteiger partial charge in [0.2, 0.25) is 11.8 Å². The lowest BCUT2D eigenvalue weighted by Gasteiger charge is -2.22. The monoisotopic (exact) mass is 501 g/mol. The number of hydrogen-bond donors (Lipinski definition) is 1. The second-order valence-electron chi connectivity index (χ2n) is 8.16. The molecule has 1 aliphatic heterocycles. The Hall–Kier alpha value is -2.98. The Bertz CT molecular complexity index is 1350. The van der Waals surface area contributed by atoms with E-state index in [1.807, 2.05) is 39.0 Å². The smallest absolute Gasteiger partial charge is 0.227 e. The molecule has 34 heavy (non-hydrogen) atoms. The van der Waals surface area contributed by atoms with Gasteiger partial charge < -0.3 is 15.0 Å². The molecule has 0 aliphatic carbocycles. The number of anilines is 2. The van der Waals surface area contributed by atoms with E-state index in [1.165, 1.54) is 17.4 Å². The molecular formula is C24H27N3O5S2. The first-order chi connectivity index (χ1) is 16.2. The fourth-order valence-corrected chi connectivity index (χ4v) is 6.29. The summed E-state index contributed by atoms with van der Waals surface area (Å²) in [5.41, 5.74) is 2.33. The van der Waals surface area contributed by atoms with Crippen molar-refractivity contribution < 1.29 is 22.7 Å². The number of aromatic nitrogens is 1. The molecule has 10 heteroatoms. The van der Waals surface area contributed by atoms with Gasteiger partial charge in [0.15, 0.2) is 15.0 Å². The van der Waals surface area contributed by atoms with Crippen LogP contribution in [0.15, 0.2) is 41.3 Å². The standard InChI is InChI=1S/C24H27N3O5S2/c1-4-23(29)27-15(3)12-16-13-18(7-9-20(16)27)34(30,31)11-10-22(28)26-24-25-19-8-6-17(32-5-2)14-21(19)33-24/h6-9,13-15H,4-5,10-12H2,1-3H3,(H,25,26,28). The number of carbonyl (C=O) groups is 2. The highest BCUT2D eigenvalue weighted by Gasteiger charge is 2.31. The van der Waals surface area contributed by atoms with Crippen LogP contribution in [0, 0.1) is 0 Å². The van der Waals surface area contributed by atoms with Crippen molar-refractivity contribution in [3.05, 3.63) is 42.0 Å². The van der Waals surface area contributed by atoms with Gasteiger partial charge in [-0.1, -0.05) is 18.3 Å². The summed E-state index contributed by atoms with van der Waals surface area (Å²) < 4.78 is 32.1. The van der Waals surface area contributed by atoms with Crippen LogP contribution in [0.4, 0.5) is 10.8 Å². The molecule has 0 saturated heterocycles. The minimum Gasteiger partial charge on any atom is -0.494 e. The zero-order valence-electron chi connectivity index (χ0n) is 19.3. The Labute approximate surface area is 202 Å². The number of nitrogens with zero attached hydrogens (tertiary/aromatic N) is 2. The van der Waals surface area contributed by atoms with Crippen LogP contribution in [0.2, 0.25) is 0 Å². The Kier molecular flexibility index (Phi) is 6.90. The van der Waals surface area contributed by atoms with Crippen molar-refractivity contribution in [3.8, 4) is 5.75 Å². The number of benzene rings is 2. The van der Waals surface area contributed by atoms with Gasteiger partial charge in [-0.25, -0.2) is 13.4 Å². The molecule has 2 aromatic carbocycles. The van der Waals surface area contributed by atoms with Gasteiger partial charge in [-0.2, -0.15) is 0 Å². The molecular weight excluding hydrogens is 474 g/mol. The Balaban J connectivity index is 1.41. The third kappa shape index (κ3) is 4.92. The zero-order valence-corrected chi connectivity index (χ0v) is 21.0. The van der Waals surface area contributed by atoms with Crippen molar-refractivity contribution in [2.45, 2.75) is 51.0 Å². The molecule has 0 spiro atoms. The summed E-state index contributed by atoms with van der Waals surface area (Å²) in [5, 5.41) is 3.11. The summed E-state index contributed by atoms with van der Waals surface area (Å²) in [6.07, 6.45) is 0.811. The Morgan fingerprint density at radius 2 is 2.00 bits per heavy atom. The summed E-state index contributed by atoms with van der Waals surface area (Å²) >= 11 is 1.31. The second kappa shape index (κ2) is 9.71. The maximum Gasteiger partial charge on any atom is 0.227 e. The van der Waals surface area contributed by atoms with E-state index in [0.717, 1.165) is 27.2 Å². The van der Waals surface area contributed by atoms with Crippen LogP contribution in [0.5, 0.6) is 5.75 Å². The van der Waals surface area contributed by atoms with E-state index >= 15 is 0 Å². The Morgan fingerprint density at radius 3 is 2.74 bits per heavy atom.